The summed E-state index contributed by atoms with van der Waals surface area (Å²) in [6, 6.07) is 11.9. The zero-order chi connectivity index (χ0) is 19.5. The molecule has 0 radical (unpaired) electrons. The quantitative estimate of drug-likeness (QED) is 0.733. The van der Waals surface area contributed by atoms with Gasteiger partial charge in [-0.1, -0.05) is 0 Å². The summed E-state index contributed by atoms with van der Waals surface area (Å²) in [6.07, 6.45) is 2.99. The molecule has 0 fully saturated rings. The van der Waals surface area contributed by atoms with E-state index in [0.717, 1.165) is 0 Å². The number of fused-ring (bicyclic) bond motifs is 1. The molecule has 2 aromatic carbocycles. The Morgan fingerprint density at radius 3 is 2.75 bits per heavy atom. The van der Waals surface area contributed by atoms with Crippen LogP contribution in [-0.4, -0.2) is 28.9 Å². The smallest absolute Gasteiger partial charge is 0.298 e. The Morgan fingerprint density at radius 2 is 1.96 bits per heavy atom. The predicted molar refractivity (Wildman–Crippen MR) is 102 cm³/mol. The Balaban J connectivity index is 1.58. The SMILES string of the molecule is CCOc1ccc(-n2ccnc(NC(=O)c3ccc4c(c3)OCO4)c2=O)cc1. The number of benzene rings is 2. The topological polar surface area (TPSA) is 91.7 Å². The number of hydrogen-bond donors (Lipinski definition) is 1. The van der Waals surface area contributed by atoms with Crippen LogP contribution in [0.3, 0.4) is 0 Å². The van der Waals surface area contributed by atoms with Gasteiger partial charge in [0.15, 0.2) is 17.3 Å². The molecule has 0 unspecified atom stereocenters. The average Bonchev–Trinajstić information content (AvgIpc) is 3.18. The highest BCUT2D eigenvalue weighted by Crippen LogP contribution is 2.32. The van der Waals surface area contributed by atoms with Gasteiger partial charge in [-0.3, -0.25) is 14.2 Å². The van der Waals surface area contributed by atoms with Crippen LogP contribution in [0.15, 0.2) is 59.7 Å². The highest BCUT2D eigenvalue weighted by molar-refractivity contribution is 6.04. The number of nitrogens with zero attached hydrogens (tertiary/aromatic N) is 2. The van der Waals surface area contributed by atoms with Crippen molar-refractivity contribution < 1.29 is 19.0 Å². The van der Waals surface area contributed by atoms with Gasteiger partial charge in [0, 0.05) is 23.6 Å². The van der Waals surface area contributed by atoms with Gasteiger partial charge < -0.3 is 19.5 Å². The van der Waals surface area contributed by atoms with Gasteiger partial charge in [-0.2, -0.15) is 0 Å². The number of aromatic nitrogens is 2. The van der Waals surface area contributed by atoms with Crippen molar-refractivity contribution in [3.63, 3.8) is 0 Å². The fourth-order valence-electron chi connectivity index (χ4n) is 2.79. The maximum Gasteiger partial charge on any atom is 0.298 e. The molecular formula is C20H17N3O5. The minimum atomic E-state index is -0.465. The lowest BCUT2D eigenvalue weighted by Crippen LogP contribution is -2.26. The normalized spacial score (nSPS) is 11.9. The summed E-state index contributed by atoms with van der Waals surface area (Å²) in [4.78, 5) is 29.3. The largest absolute Gasteiger partial charge is 0.494 e. The number of hydrogen-bond acceptors (Lipinski definition) is 6. The Labute approximate surface area is 160 Å². The number of carbonyl (C=O) groups is 1. The molecule has 4 rings (SSSR count). The Hall–Kier alpha value is -3.81. The molecule has 0 spiro atoms. The van der Waals surface area contributed by atoms with Crippen molar-refractivity contribution in [2.24, 2.45) is 0 Å². The van der Waals surface area contributed by atoms with Gasteiger partial charge in [-0.15, -0.1) is 0 Å². The van der Waals surface area contributed by atoms with Crippen molar-refractivity contribution in [2.75, 3.05) is 18.7 Å². The van der Waals surface area contributed by atoms with Gasteiger partial charge in [-0.05, 0) is 49.4 Å². The van der Waals surface area contributed by atoms with Gasteiger partial charge in [0.1, 0.15) is 5.75 Å². The molecule has 28 heavy (non-hydrogen) atoms. The summed E-state index contributed by atoms with van der Waals surface area (Å²) in [5.41, 5.74) is 0.525. The summed E-state index contributed by atoms with van der Waals surface area (Å²) < 4.78 is 17.3. The Kier molecular flexibility index (Phi) is 4.67. The van der Waals surface area contributed by atoms with E-state index >= 15 is 0 Å². The highest BCUT2D eigenvalue weighted by atomic mass is 16.7. The molecule has 0 saturated carbocycles. The Morgan fingerprint density at radius 1 is 1.18 bits per heavy atom. The van der Waals surface area contributed by atoms with Crippen LogP contribution >= 0.6 is 0 Å². The first-order chi connectivity index (χ1) is 13.7. The summed E-state index contributed by atoms with van der Waals surface area (Å²) in [7, 11) is 0. The van der Waals surface area contributed by atoms with Crippen molar-refractivity contribution in [3.05, 3.63) is 70.8 Å². The van der Waals surface area contributed by atoms with Crippen LogP contribution in [0, 0.1) is 0 Å². The molecular weight excluding hydrogens is 362 g/mol. The van der Waals surface area contributed by atoms with E-state index in [1.54, 1.807) is 42.5 Å². The summed E-state index contributed by atoms with van der Waals surface area (Å²) in [5, 5.41) is 2.56. The van der Waals surface area contributed by atoms with Gasteiger partial charge in [0.25, 0.3) is 11.5 Å². The maximum absolute atomic E-state index is 12.7. The maximum atomic E-state index is 12.7. The van der Waals surface area contributed by atoms with Gasteiger partial charge >= 0.3 is 0 Å². The van der Waals surface area contributed by atoms with E-state index in [1.807, 2.05) is 6.92 Å². The lowest BCUT2D eigenvalue weighted by molar-refractivity contribution is 0.102. The molecule has 8 nitrogen and oxygen atoms in total. The molecule has 1 aliphatic rings. The van der Waals surface area contributed by atoms with Crippen molar-refractivity contribution in [1.29, 1.82) is 0 Å². The van der Waals surface area contributed by atoms with Crippen LogP contribution in [0.4, 0.5) is 5.82 Å². The number of rotatable bonds is 5. The van der Waals surface area contributed by atoms with Gasteiger partial charge in [0.05, 0.1) is 6.61 Å². The third-order valence-corrected chi connectivity index (χ3v) is 4.13. The van der Waals surface area contributed by atoms with E-state index in [-0.39, 0.29) is 12.6 Å². The molecule has 142 valence electrons. The number of nitrogens with one attached hydrogen (secondary N) is 1. The number of anilines is 1. The minimum Gasteiger partial charge on any atom is -0.494 e. The molecule has 1 aliphatic heterocycles. The van der Waals surface area contributed by atoms with E-state index in [9.17, 15) is 9.59 Å². The number of amides is 1. The molecule has 1 amide bonds. The molecule has 0 saturated heterocycles. The van der Waals surface area contributed by atoms with E-state index in [4.69, 9.17) is 14.2 Å². The zero-order valence-corrected chi connectivity index (χ0v) is 15.0. The minimum absolute atomic E-state index is 0.0703. The first kappa shape index (κ1) is 17.6. The van der Waals surface area contributed by atoms with Crippen LogP contribution < -0.4 is 25.1 Å². The molecule has 1 aromatic heterocycles. The average molecular weight is 379 g/mol. The summed E-state index contributed by atoms with van der Waals surface area (Å²) >= 11 is 0. The van der Waals surface area contributed by atoms with Crippen molar-refractivity contribution >= 4 is 11.7 Å². The van der Waals surface area contributed by atoms with Crippen LogP contribution in [0.2, 0.25) is 0 Å². The van der Waals surface area contributed by atoms with Crippen LogP contribution in [0.25, 0.3) is 5.69 Å². The second kappa shape index (κ2) is 7.43. The van der Waals surface area contributed by atoms with Crippen LogP contribution in [0.5, 0.6) is 17.2 Å². The van der Waals surface area contributed by atoms with Crippen LogP contribution in [-0.2, 0) is 0 Å². The standard InChI is InChI=1S/C20H17N3O5/c1-2-26-15-6-4-14(5-7-15)23-10-9-21-18(20(23)25)22-19(24)13-3-8-16-17(11-13)28-12-27-16/h3-11H,2,12H2,1H3,(H,21,22,24). The van der Waals surface area contributed by atoms with E-state index in [2.05, 4.69) is 10.3 Å². The van der Waals surface area contributed by atoms with Gasteiger partial charge in [-0.25, -0.2) is 4.98 Å². The fourth-order valence-corrected chi connectivity index (χ4v) is 2.79. The summed E-state index contributed by atoms with van der Waals surface area (Å²) in [5.74, 6) is 1.24. The molecule has 0 atom stereocenters. The van der Waals surface area contributed by atoms with E-state index in [0.29, 0.717) is 35.1 Å². The number of carbonyl (C=O) groups excluding carboxylic acids is 1. The highest BCUT2D eigenvalue weighted by Gasteiger charge is 2.17. The first-order valence-corrected chi connectivity index (χ1v) is 8.67. The van der Waals surface area contributed by atoms with E-state index < -0.39 is 11.5 Å². The zero-order valence-electron chi connectivity index (χ0n) is 15.0. The second-order valence-electron chi connectivity index (χ2n) is 5.90. The van der Waals surface area contributed by atoms with E-state index in [1.165, 1.54) is 17.0 Å². The lowest BCUT2D eigenvalue weighted by Gasteiger charge is -2.10. The van der Waals surface area contributed by atoms with Crippen molar-refractivity contribution in [1.82, 2.24) is 9.55 Å². The fraction of sp³-hybridized carbons (Fsp3) is 0.150. The third-order valence-electron chi connectivity index (χ3n) is 4.13. The predicted octanol–water partition coefficient (Wildman–Crippen LogP) is 2.61. The Bertz CT molecular complexity index is 1080. The molecule has 0 aliphatic carbocycles. The van der Waals surface area contributed by atoms with Crippen molar-refractivity contribution in [3.8, 4) is 22.9 Å². The number of ether oxygens (including phenoxy) is 3. The molecule has 8 heteroatoms. The van der Waals surface area contributed by atoms with Crippen molar-refractivity contribution in [2.45, 2.75) is 6.92 Å². The first-order valence-electron chi connectivity index (χ1n) is 8.67. The monoisotopic (exact) mass is 379 g/mol. The van der Waals surface area contributed by atoms with Crippen LogP contribution in [0.1, 0.15) is 17.3 Å². The summed E-state index contributed by atoms with van der Waals surface area (Å²) in [6.45, 7) is 2.58. The lowest BCUT2D eigenvalue weighted by atomic mass is 10.2. The van der Waals surface area contributed by atoms with Gasteiger partial charge in [0.2, 0.25) is 6.79 Å². The second-order valence-corrected chi connectivity index (χ2v) is 5.90. The third kappa shape index (κ3) is 3.39. The molecule has 3 aromatic rings. The molecule has 1 N–H and O–H groups in total. The molecule has 0 bridgehead atoms. The molecule has 2 heterocycles.